The summed E-state index contributed by atoms with van der Waals surface area (Å²) in [6, 6.07) is 9.31. The Hall–Kier alpha value is -1.35. The fourth-order valence-corrected chi connectivity index (χ4v) is 3.34. The summed E-state index contributed by atoms with van der Waals surface area (Å²) in [7, 11) is 2.11. The van der Waals surface area contributed by atoms with Crippen LogP contribution in [0, 0.1) is 5.92 Å². The molecule has 102 valence electrons. The highest BCUT2D eigenvalue weighted by Gasteiger charge is 2.26. The number of benzene rings is 1. The number of nitrogens with zero attached hydrogens (tertiary/aromatic N) is 2. The van der Waals surface area contributed by atoms with Crippen LogP contribution < -0.4 is 5.32 Å². The molecule has 0 aliphatic heterocycles. The second-order valence-electron chi connectivity index (χ2n) is 5.92. The number of aryl methyl sites for hydroxylation is 1. The molecule has 0 amide bonds. The standard InChI is InChI=1S/C16H23N3/c1-11-7-6-9-13(11)17-12(2)16-18-14-8-4-5-10-15(14)19(16)3/h4-5,8,10-13,17H,6-7,9H2,1-3H3. The van der Waals surface area contributed by atoms with Gasteiger partial charge in [-0.05, 0) is 37.8 Å². The minimum absolute atomic E-state index is 0.308. The van der Waals surface area contributed by atoms with Gasteiger partial charge in [-0.2, -0.15) is 0 Å². The molecule has 1 aliphatic carbocycles. The molecule has 1 aromatic heterocycles. The SMILES string of the molecule is CC(NC1CCCC1C)c1nc2ccccc2n1C. The van der Waals surface area contributed by atoms with E-state index in [2.05, 4.69) is 55.0 Å². The van der Waals surface area contributed by atoms with Crippen molar-refractivity contribution in [1.82, 2.24) is 14.9 Å². The third-order valence-electron chi connectivity index (χ3n) is 4.53. The third-order valence-corrected chi connectivity index (χ3v) is 4.53. The first-order valence-corrected chi connectivity index (χ1v) is 7.34. The highest BCUT2D eigenvalue weighted by molar-refractivity contribution is 5.75. The van der Waals surface area contributed by atoms with Crippen molar-refractivity contribution in [2.45, 2.75) is 45.2 Å². The van der Waals surface area contributed by atoms with Crippen LogP contribution in [-0.4, -0.2) is 15.6 Å². The molecule has 1 aliphatic rings. The van der Waals surface area contributed by atoms with Crippen LogP contribution in [0.2, 0.25) is 0 Å². The van der Waals surface area contributed by atoms with E-state index in [9.17, 15) is 0 Å². The van der Waals surface area contributed by atoms with Gasteiger partial charge in [-0.15, -0.1) is 0 Å². The third kappa shape index (κ3) is 2.27. The zero-order valence-electron chi connectivity index (χ0n) is 12.1. The van der Waals surface area contributed by atoms with Gasteiger partial charge in [0.25, 0.3) is 0 Å². The second kappa shape index (κ2) is 4.97. The molecule has 0 spiro atoms. The summed E-state index contributed by atoms with van der Waals surface area (Å²) in [6.45, 7) is 4.58. The first-order chi connectivity index (χ1) is 9.16. The number of hydrogen-bond acceptors (Lipinski definition) is 2. The van der Waals surface area contributed by atoms with E-state index in [1.807, 2.05) is 0 Å². The van der Waals surface area contributed by atoms with Gasteiger partial charge in [-0.1, -0.05) is 25.5 Å². The number of imidazole rings is 1. The lowest BCUT2D eigenvalue weighted by Crippen LogP contribution is -2.34. The zero-order valence-corrected chi connectivity index (χ0v) is 12.1. The van der Waals surface area contributed by atoms with Crippen LogP contribution in [0.3, 0.4) is 0 Å². The molecule has 1 aromatic carbocycles. The summed E-state index contributed by atoms with van der Waals surface area (Å²) in [5.74, 6) is 1.93. The van der Waals surface area contributed by atoms with Gasteiger partial charge in [-0.25, -0.2) is 4.98 Å². The van der Waals surface area contributed by atoms with Gasteiger partial charge in [0.2, 0.25) is 0 Å². The van der Waals surface area contributed by atoms with Gasteiger partial charge >= 0.3 is 0 Å². The molecule has 3 heteroatoms. The predicted octanol–water partition coefficient (Wildman–Crippen LogP) is 3.41. The number of rotatable bonds is 3. The molecule has 3 unspecified atom stereocenters. The Kier molecular flexibility index (Phi) is 3.31. The maximum Gasteiger partial charge on any atom is 0.126 e. The van der Waals surface area contributed by atoms with Gasteiger partial charge in [-0.3, -0.25) is 0 Å². The molecule has 1 saturated carbocycles. The summed E-state index contributed by atoms with van der Waals surface area (Å²) in [4.78, 5) is 4.78. The molecule has 1 fully saturated rings. The topological polar surface area (TPSA) is 29.9 Å². The van der Waals surface area contributed by atoms with Crippen molar-refractivity contribution >= 4 is 11.0 Å². The highest BCUT2D eigenvalue weighted by Crippen LogP contribution is 2.27. The Bertz CT molecular complexity index is 572. The van der Waals surface area contributed by atoms with Gasteiger partial charge < -0.3 is 9.88 Å². The Morgan fingerprint density at radius 3 is 2.79 bits per heavy atom. The quantitative estimate of drug-likeness (QED) is 0.913. The van der Waals surface area contributed by atoms with Crippen molar-refractivity contribution in [3.8, 4) is 0 Å². The van der Waals surface area contributed by atoms with Gasteiger partial charge in [0.1, 0.15) is 5.82 Å². The monoisotopic (exact) mass is 257 g/mol. The normalized spacial score (nSPS) is 25.0. The van der Waals surface area contributed by atoms with Crippen molar-refractivity contribution in [3.63, 3.8) is 0 Å². The summed E-state index contributed by atoms with van der Waals surface area (Å²) < 4.78 is 2.21. The van der Waals surface area contributed by atoms with E-state index < -0.39 is 0 Å². The molecule has 2 aromatic rings. The van der Waals surface area contributed by atoms with Crippen molar-refractivity contribution in [2.24, 2.45) is 13.0 Å². The van der Waals surface area contributed by atoms with Crippen LogP contribution in [-0.2, 0) is 7.05 Å². The van der Waals surface area contributed by atoms with E-state index >= 15 is 0 Å². The first kappa shape index (κ1) is 12.7. The van der Waals surface area contributed by atoms with Gasteiger partial charge in [0, 0.05) is 13.1 Å². The Morgan fingerprint density at radius 1 is 1.32 bits per heavy atom. The molecule has 3 nitrogen and oxygen atoms in total. The smallest absolute Gasteiger partial charge is 0.126 e. The first-order valence-electron chi connectivity index (χ1n) is 7.34. The molecule has 0 saturated heterocycles. The van der Waals surface area contributed by atoms with E-state index in [1.165, 1.54) is 24.8 Å². The maximum atomic E-state index is 4.78. The average Bonchev–Trinajstić information content (AvgIpc) is 2.95. The van der Waals surface area contributed by atoms with Crippen LogP contribution in [0.25, 0.3) is 11.0 Å². The minimum atomic E-state index is 0.308. The molecule has 1 N–H and O–H groups in total. The number of fused-ring (bicyclic) bond motifs is 1. The van der Waals surface area contributed by atoms with Crippen molar-refractivity contribution < 1.29 is 0 Å². The molecule has 3 atom stereocenters. The molecular formula is C16H23N3. The summed E-state index contributed by atoms with van der Waals surface area (Å²) in [6.07, 6.45) is 4.01. The van der Waals surface area contributed by atoms with Crippen LogP contribution in [0.15, 0.2) is 24.3 Å². The van der Waals surface area contributed by atoms with Crippen molar-refractivity contribution in [2.75, 3.05) is 0 Å². The van der Waals surface area contributed by atoms with Gasteiger partial charge in [0.05, 0.1) is 17.1 Å². The van der Waals surface area contributed by atoms with E-state index in [0.717, 1.165) is 17.3 Å². The molecule has 1 heterocycles. The second-order valence-corrected chi connectivity index (χ2v) is 5.92. The minimum Gasteiger partial charge on any atom is -0.330 e. The van der Waals surface area contributed by atoms with Crippen molar-refractivity contribution in [1.29, 1.82) is 0 Å². The molecule has 3 rings (SSSR count). The number of hydrogen-bond donors (Lipinski definition) is 1. The highest BCUT2D eigenvalue weighted by atomic mass is 15.1. The molecule has 0 radical (unpaired) electrons. The number of para-hydroxylation sites is 2. The summed E-state index contributed by atoms with van der Waals surface area (Å²) in [5.41, 5.74) is 2.30. The lowest BCUT2D eigenvalue weighted by Gasteiger charge is -2.22. The summed E-state index contributed by atoms with van der Waals surface area (Å²) in [5, 5.41) is 3.76. The lowest BCUT2D eigenvalue weighted by atomic mass is 10.1. The number of aromatic nitrogens is 2. The van der Waals surface area contributed by atoms with E-state index in [4.69, 9.17) is 4.98 Å². The molecule has 19 heavy (non-hydrogen) atoms. The average molecular weight is 257 g/mol. The summed E-state index contributed by atoms with van der Waals surface area (Å²) >= 11 is 0. The largest absolute Gasteiger partial charge is 0.330 e. The number of nitrogens with one attached hydrogen (secondary N) is 1. The van der Waals surface area contributed by atoms with Crippen LogP contribution >= 0.6 is 0 Å². The van der Waals surface area contributed by atoms with E-state index in [0.29, 0.717) is 12.1 Å². The Morgan fingerprint density at radius 2 is 2.11 bits per heavy atom. The maximum absolute atomic E-state index is 4.78. The fraction of sp³-hybridized carbons (Fsp3) is 0.562. The van der Waals surface area contributed by atoms with Gasteiger partial charge in [0.15, 0.2) is 0 Å². The fourth-order valence-electron chi connectivity index (χ4n) is 3.34. The zero-order chi connectivity index (χ0) is 13.4. The molecular weight excluding hydrogens is 234 g/mol. The van der Waals surface area contributed by atoms with Crippen LogP contribution in [0.4, 0.5) is 0 Å². The van der Waals surface area contributed by atoms with E-state index in [-0.39, 0.29) is 0 Å². The Labute approximate surface area is 115 Å². The Balaban J connectivity index is 1.85. The lowest BCUT2D eigenvalue weighted by molar-refractivity contribution is 0.377. The van der Waals surface area contributed by atoms with Crippen LogP contribution in [0.1, 0.15) is 45.0 Å². The van der Waals surface area contributed by atoms with Crippen molar-refractivity contribution in [3.05, 3.63) is 30.1 Å². The predicted molar refractivity (Wildman–Crippen MR) is 79.1 cm³/mol. The van der Waals surface area contributed by atoms with E-state index in [1.54, 1.807) is 0 Å². The van der Waals surface area contributed by atoms with Crippen LogP contribution in [0.5, 0.6) is 0 Å². The molecule has 0 bridgehead atoms.